The van der Waals surface area contributed by atoms with E-state index in [9.17, 15) is 9.59 Å². The summed E-state index contributed by atoms with van der Waals surface area (Å²) in [6, 6.07) is 12.3. The number of fused-ring (bicyclic) bond motifs is 1. The lowest BCUT2D eigenvalue weighted by Gasteiger charge is -2.08. The third-order valence-corrected chi connectivity index (χ3v) is 4.01. The maximum atomic E-state index is 12.7. The first-order chi connectivity index (χ1) is 12.6. The molecule has 6 heteroatoms. The molecule has 0 unspecified atom stereocenters. The van der Waals surface area contributed by atoms with E-state index in [0.29, 0.717) is 34.9 Å². The molecule has 0 radical (unpaired) electrons. The molecule has 0 atom stereocenters. The van der Waals surface area contributed by atoms with Gasteiger partial charge in [0.1, 0.15) is 11.3 Å². The minimum atomic E-state index is -0.388. The number of anilines is 1. The Labute approximate surface area is 151 Å². The molecule has 0 bridgehead atoms. The molecule has 1 aromatic carbocycles. The van der Waals surface area contributed by atoms with Gasteiger partial charge in [-0.15, -0.1) is 0 Å². The number of rotatable bonds is 6. The van der Waals surface area contributed by atoms with Crippen molar-refractivity contribution in [3.8, 4) is 0 Å². The second-order valence-corrected chi connectivity index (χ2v) is 6.00. The smallest absolute Gasteiger partial charge is 0.338 e. The number of pyridine rings is 1. The van der Waals surface area contributed by atoms with Crippen LogP contribution in [-0.2, 0) is 4.74 Å². The summed E-state index contributed by atoms with van der Waals surface area (Å²) in [5, 5.41) is 2.83. The average molecular weight is 351 g/mol. The summed E-state index contributed by atoms with van der Waals surface area (Å²) in [6.45, 7) is 4.22. The maximum Gasteiger partial charge on any atom is 0.338 e. The monoisotopic (exact) mass is 351 g/mol. The van der Waals surface area contributed by atoms with Gasteiger partial charge < -0.3 is 10.1 Å². The Morgan fingerprint density at radius 1 is 1.19 bits per heavy atom. The second-order valence-electron chi connectivity index (χ2n) is 6.00. The van der Waals surface area contributed by atoms with Crippen molar-refractivity contribution in [1.29, 1.82) is 0 Å². The standard InChI is InChI=1S/C20H21N3O3/c1-3-4-12-26-20(25)15-8-7-9-16(13-15)22-19(24)18-14(2)21-17-10-5-6-11-23(17)18/h5-11,13H,3-4,12H2,1-2H3,(H,22,24). The lowest BCUT2D eigenvalue weighted by Crippen LogP contribution is -2.16. The van der Waals surface area contributed by atoms with Crippen molar-refractivity contribution in [2.75, 3.05) is 11.9 Å². The Balaban J connectivity index is 1.78. The Kier molecular flexibility index (Phi) is 5.31. The molecule has 1 N–H and O–H groups in total. The summed E-state index contributed by atoms with van der Waals surface area (Å²) < 4.78 is 6.96. The van der Waals surface area contributed by atoms with Crippen molar-refractivity contribution in [3.63, 3.8) is 0 Å². The number of aryl methyl sites for hydroxylation is 1. The zero-order valence-corrected chi connectivity index (χ0v) is 14.9. The molecule has 26 heavy (non-hydrogen) atoms. The van der Waals surface area contributed by atoms with Crippen molar-refractivity contribution in [2.24, 2.45) is 0 Å². The van der Waals surface area contributed by atoms with Crippen LogP contribution >= 0.6 is 0 Å². The van der Waals surface area contributed by atoms with E-state index >= 15 is 0 Å². The molecule has 0 fully saturated rings. The van der Waals surface area contributed by atoms with Crippen LogP contribution in [0.1, 0.15) is 46.3 Å². The summed E-state index contributed by atoms with van der Waals surface area (Å²) in [7, 11) is 0. The quantitative estimate of drug-likeness (QED) is 0.541. The minimum Gasteiger partial charge on any atom is -0.462 e. The molecule has 0 saturated carbocycles. The number of imidazole rings is 1. The van der Waals surface area contributed by atoms with Gasteiger partial charge >= 0.3 is 5.97 Å². The fourth-order valence-corrected chi connectivity index (χ4v) is 2.69. The Bertz CT molecular complexity index is 946. The number of unbranched alkanes of at least 4 members (excludes halogenated alkanes) is 1. The molecule has 2 heterocycles. The number of nitrogens with zero attached hydrogens (tertiary/aromatic N) is 2. The predicted molar refractivity (Wildman–Crippen MR) is 99.5 cm³/mol. The zero-order chi connectivity index (χ0) is 18.5. The minimum absolute atomic E-state index is 0.280. The third-order valence-electron chi connectivity index (χ3n) is 4.01. The van der Waals surface area contributed by atoms with Crippen LogP contribution in [0.3, 0.4) is 0 Å². The van der Waals surface area contributed by atoms with Crippen LogP contribution < -0.4 is 5.32 Å². The van der Waals surface area contributed by atoms with Crippen LogP contribution in [0.4, 0.5) is 5.69 Å². The van der Waals surface area contributed by atoms with Crippen molar-refractivity contribution < 1.29 is 14.3 Å². The lowest BCUT2D eigenvalue weighted by atomic mass is 10.2. The highest BCUT2D eigenvalue weighted by atomic mass is 16.5. The molecule has 0 aliphatic heterocycles. The molecule has 0 aliphatic carbocycles. The van der Waals surface area contributed by atoms with Crippen LogP contribution in [0, 0.1) is 6.92 Å². The van der Waals surface area contributed by atoms with Crippen molar-refractivity contribution >= 4 is 23.2 Å². The van der Waals surface area contributed by atoms with E-state index in [1.807, 2.05) is 25.1 Å². The topological polar surface area (TPSA) is 72.7 Å². The number of ether oxygens (including phenoxy) is 1. The summed E-state index contributed by atoms with van der Waals surface area (Å²) in [6.07, 6.45) is 3.59. The summed E-state index contributed by atoms with van der Waals surface area (Å²) in [5.74, 6) is -0.668. The van der Waals surface area contributed by atoms with Crippen LogP contribution in [0.5, 0.6) is 0 Å². The van der Waals surface area contributed by atoms with E-state index in [-0.39, 0.29) is 11.9 Å². The highest BCUT2D eigenvalue weighted by Gasteiger charge is 2.17. The van der Waals surface area contributed by atoms with Crippen molar-refractivity contribution in [2.45, 2.75) is 26.7 Å². The van der Waals surface area contributed by atoms with E-state index in [2.05, 4.69) is 10.3 Å². The molecule has 134 valence electrons. The number of hydrogen-bond donors (Lipinski definition) is 1. The van der Waals surface area contributed by atoms with Gasteiger partial charge in [-0.25, -0.2) is 9.78 Å². The summed E-state index contributed by atoms with van der Waals surface area (Å²) in [5.41, 5.74) is 2.77. The van der Waals surface area contributed by atoms with Gasteiger partial charge in [-0.3, -0.25) is 9.20 Å². The lowest BCUT2D eigenvalue weighted by molar-refractivity contribution is 0.0499. The van der Waals surface area contributed by atoms with E-state index in [1.54, 1.807) is 41.8 Å². The maximum absolute atomic E-state index is 12.7. The van der Waals surface area contributed by atoms with Crippen LogP contribution in [0.25, 0.3) is 5.65 Å². The largest absolute Gasteiger partial charge is 0.462 e. The molecule has 3 rings (SSSR count). The van der Waals surface area contributed by atoms with Gasteiger partial charge in [-0.1, -0.05) is 25.5 Å². The molecule has 0 saturated heterocycles. The number of esters is 1. The van der Waals surface area contributed by atoms with Gasteiger partial charge in [-0.05, 0) is 43.7 Å². The highest BCUT2D eigenvalue weighted by Crippen LogP contribution is 2.16. The SMILES string of the molecule is CCCCOC(=O)c1cccc(NC(=O)c2c(C)nc3ccccn23)c1. The molecular weight excluding hydrogens is 330 g/mol. The third kappa shape index (κ3) is 3.74. The van der Waals surface area contributed by atoms with Crippen molar-refractivity contribution in [3.05, 3.63) is 65.6 Å². The first-order valence-electron chi connectivity index (χ1n) is 8.62. The molecular formula is C20H21N3O3. The van der Waals surface area contributed by atoms with Gasteiger partial charge in [-0.2, -0.15) is 0 Å². The number of nitrogens with one attached hydrogen (secondary N) is 1. The summed E-state index contributed by atoms with van der Waals surface area (Å²) in [4.78, 5) is 29.2. The van der Waals surface area contributed by atoms with Gasteiger partial charge in [0.25, 0.3) is 5.91 Å². The molecule has 1 amide bonds. The number of benzene rings is 1. The van der Waals surface area contributed by atoms with Crippen LogP contribution in [-0.4, -0.2) is 27.9 Å². The van der Waals surface area contributed by atoms with E-state index in [0.717, 1.165) is 12.8 Å². The number of carbonyl (C=O) groups is 2. The van der Waals surface area contributed by atoms with Crippen LogP contribution in [0.15, 0.2) is 48.7 Å². The zero-order valence-electron chi connectivity index (χ0n) is 14.9. The van der Waals surface area contributed by atoms with Gasteiger partial charge in [0.15, 0.2) is 0 Å². The Morgan fingerprint density at radius 3 is 2.85 bits per heavy atom. The number of aromatic nitrogens is 2. The van der Waals surface area contributed by atoms with Gasteiger partial charge in [0.05, 0.1) is 17.9 Å². The molecule has 3 aromatic rings. The molecule has 0 spiro atoms. The second kappa shape index (κ2) is 7.82. The summed E-state index contributed by atoms with van der Waals surface area (Å²) >= 11 is 0. The number of hydrogen-bond acceptors (Lipinski definition) is 4. The number of carbonyl (C=O) groups excluding carboxylic acids is 2. The first kappa shape index (κ1) is 17.7. The normalized spacial score (nSPS) is 10.7. The van der Waals surface area contributed by atoms with Crippen molar-refractivity contribution in [1.82, 2.24) is 9.38 Å². The number of amides is 1. The fourth-order valence-electron chi connectivity index (χ4n) is 2.69. The Hall–Kier alpha value is -3.15. The fraction of sp³-hybridized carbons (Fsp3) is 0.250. The molecule has 6 nitrogen and oxygen atoms in total. The van der Waals surface area contributed by atoms with E-state index in [4.69, 9.17) is 4.74 Å². The predicted octanol–water partition coefficient (Wildman–Crippen LogP) is 3.85. The van der Waals surface area contributed by atoms with E-state index in [1.165, 1.54) is 0 Å². The van der Waals surface area contributed by atoms with Gasteiger partial charge in [0, 0.05) is 11.9 Å². The van der Waals surface area contributed by atoms with Crippen LogP contribution in [0.2, 0.25) is 0 Å². The first-order valence-corrected chi connectivity index (χ1v) is 8.62. The molecule has 0 aliphatic rings. The molecule has 2 aromatic heterocycles. The van der Waals surface area contributed by atoms with Gasteiger partial charge in [0.2, 0.25) is 0 Å². The van der Waals surface area contributed by atoms with E-state index < -0.39 is 0 Å². The Morgan fingerprint density at radius 2 is 2.04 bits per heavy atom. The highest BCUT2D eigenvalue weighted by molar-refractivity contribution is 6.05. The average Bonchev–Trinajstić information content (AvgIpc) is 2.97.